The van der Waals surface area contributed by atoms with Crippen molar-refractivity contribution in [1.82, 2.24) is 9.97 Å². The van der Waals surface area contributed by atoms with Crippen LogP contribution in [0, 0.1) is 6.92 Å². The fourth-order valence-corrected chi connectivity index (χ4v) is 1.69. The first-order valence-electron chi connectivity index (χ1n) is 4.13. The van der Waals surface area contributed by atoms with Crippen LogP contribution < -0.4 is 0 Å². The average Bonchev–Trinajstić information content (AvgIpc) is 2.71. The SMILES string of the molecule is Cc1cnc(C(=O)c2ccsc2)cn1. The molecule has 0 fully saturated rings. The molecule has 4 heteroatoms. The highest BCUT2D eigenvalue weighted by atomic mass is 32.1. The van der Waals surface area contributed by atoms with E-state index < -0.39 is 0 Å². The second-order valence-electron chi connectivity index (χ2n) is 2.88. The third-order valence-corrected chi connectivity index (χ3v) is 2.48. The molecule has 2 rings (SSSR count). The first-order chi connectivity index (χ1) is 6.77. The minimum Gasteiger partial charge on any atom is -0.287 e. The van der Waals surface area contributed by atoms with Crippen LogP contribution in [0.4, 0.5) is 0 Å². The summed E-state index contributed by atoms with van der Waals surface area (Å²) >= 11 is 1.50. The van der Waals surface area contributed by atoms with Crippen LogP contribution in [-0.4, -0.2) is 15.8 Å². The van der Waals surface area contributed by atoms with Gasteiger partial charge in [-0.2, -0.15) is 11.3 Å². The molecule has 0 aromatic carbocycles. The monoisotopic (exact) mass is 204 g/mol. The van der Waals surface area contributed by atoms with Crippen molar-refractivity contribution in [3.8, 4) is 0 Å². The topological polar surface area (TPSA) is 42.9 Å². The van der Waals surface area contributed by atoms with Gasteiger partial charge in [0.25, 0.3) is 0 Å². The molecule has 0 aliphatic carbocycles. The van der Waals surface area contributed by atoms with Gasteiger partial charge in [0, 0.05) is 17.1 Å². The number of carbonyl (C=O) groups excluding carboxylic acids is 1. The van der Waals surface area contributed by atoms with Crippen molar-refractivity contribution < 1.29 is 4.79 Å². The summed E-state index contributed by atoms with van der Waals surface area (Å²) in [7, 11) is 0. The summed E-state index contributed by atoms with van der Waals surface area (Å²) in [4.78, 5) is 19.8. The highest BCUT2D eigenvalue weighted by molar-refractivity contribution is 7.08. The number of nitrogens with zero attached hydrogens (tertiary/aromatic N) is 2. The number of hydrogen-bond acceptors (Lipinski definition) is 4. The Balaban J connectivity index is 2.33. The van der Waals surface area contributed by atoms with Gasteiger partial charge >= 0.3 is 0 Å². The van der Waals surface area contributed by atoms with Gasteiger partial charge in [0.2, 0.25) is 5.78 Å². The van der Waals surface area contributed by atoms with E-state index in [0.29, 0.717) is 11.3 Å². The largest absolute Gasteiger partial charge is 0.287 e. The number of thiophene rings is 1. The summed E-state index contributed by atoms with van der Waals surface area (Å²) in [6.45, 7) is 1.84. The number of carbonyl (C=O) groups is 1. The van der Waals surface area contributed by atoms with Gasteiger partial charge in [0.15, 0.2) is 0 Å². The Morgan fingerprint density at radius 3 is 2.79 bits per heavy atom. The van der Waals surface area contributed by atoms with E-state index in [2.05, 4.69) is 9.97 Å². The molecule has 70 valence electrons. The maximum Gasteiger partial charge on any atom is 0.213 e. The van der Waals surface area contributed by atoms with Crippen molar-refractivity contribution in [1.29, 1.82) is 0 Å². The van der Waals surface area contributed by atoms with Crippen LogP contribution in [0.1, 0.15) is 21.7 Å². The number of aromatic nitrogens is 2. The minimum atomic E-state index is -0.0706. The van der Waals surface area contributed by atoms with Crippen LogP contribution >= 0.6 is 11.3 Å². The Hall–Kier alpha value is -1.55. The molecule has 0 bridgehead atoms. The number of aryl methyl sites for hydroxylation is 1. The molecular weight excluding hydrogens is 196 g/mol. The predicted molar refractivity (Wildman–Crippen MR) is 54.5 cm³/mol. The molecular formula is C10H8N2OS. The van der Waals surface area contributed by atoms with Gasteiger partial charge in [0.05, 0.1) is 11.9 Å². The molecule has 0 radical (unpaired) electrons. The fourth-order valence-electron chi connectivity index (χ4n) is 1.05. The third-order valence-electron chi connectivity index (χ3n) is 1.80. The molecule has 0 aliphatic heterocycles. The highest BCUT2D eigenvalue weighted by Gasteiger charge is 2.10. The van der Waals surface area contributed by atoms with Crippen molar-refractivity contribution in [2.45, 2.75) is 6.92 Å². The van der Waals surface area contributed by atoms with Crippen molar-refractivity contribution in [2.24, 2.45) is 0 Å². The minimum absolute atomic E-state index is 0.0706. The second-order valence-corrected chi connectivity index (χ2v) is 3.66. The van der Waals surface area contributed by atoms with Gasteiger partial charge in [0.1, 0.15) is 5.69 Å². The average molecular weight is 204 g/mol. The van der Waals surface area contributed by atoms with Gasteiger partial charge in [-0.1, -0.05) is 0 Å². The number of rotatable bonds is 2. The lowest BCUT2D eigenvalue weighted by Crippen LogP contribution is -2.03. The molecule has 0 amide bonds. The Labute approximate surface area is 85.5 Å². The Morgan fingerprint density at radius 2 is 2.21 bits per heavy atom. The molecule has 14 heavy (non-hydrogen) atoms. The maximum absolute atomic E-state index is 11.7. The van der Waals surface area contributed by atoms with Gasteiger partial charge in [-0.25, -0.2) is 4.98 Å². The van der Waals surface area contributed by atoms with Gasteiger partial charge in [-0.3, -0.25) is 9.78 Å². The predicted octanol–water partition coefficient (Wildman–Crippen LogP) is 2.08. The Bertz CT molecular complexity index is 434. The summed E-state index contributed by atoms with van der Waals surface area (Å²) in [6, 6.07) is 1.79. The summed E-state index contributed by atoms with van der Waals surface area (Å²) in [5, 5.41) is 3.68. The quantitative estimate of drug-likeness (QED) is 0.703. The summed E-state index contributed by atoms with van der Waals surface area (Å²) in [5.74, 6) is -0.0706. The number of hydrogen-bond donors (Lipinski definition) is 0. The van der Waals surface area contributed by atoms with Crippen LogP contribution in [0.2, 0.25) is 0 Å². The second kappa shape index (κ2) is 3.67. The van der Waals surface area contributed by atoms with Crippen LogP contribution in [0.15, 0.2) is 29.2 Å². The van der Waals surface area contributed by atoms with Crippen molar-refractivity contribution in [2.75, 3.05) is 0 Å². The first kappa shape index (κ1) is 9.02. The van der Waals surface area contributed by atoms with E-state index in [0.717, 1.165) is 5.69 Å². The lowest BCUT2D eigenvalue weighted by atomic mass is 10.2. The highest BCUT2D eigenvalue weighted by Crippen LogP contribution is 2.10. The summed E-state index contributed by atoms with van der Waals surface area (Å²) < 4.78 is 0. The Morgan fingerprint density at radius 1 is 1.36 bits per heavy atom. The normalized spacial score (nSPS) is 10.1. The van der Waals surface area contributed by atoms with E-state index in [1.54, 1.807) is 12.3 Å². The third kappa shape index (κ3) is 1.70. The van der Waals surface area contributed by atoms with E-state index in [4.69, 9.17) is 0 Å². The smallest absolute Gasteiger partial charge is 0.213 e. The molecule has 0 saturated carbocycles. The van der Waals surface area contributed by atoms with E-state index in [9.17, 15) is 4.79 Å². The van der Waals surface area contributed by atoms with Crippen molar-refractivity contribution in [3.63, 3.8) is 0 Å². The lowest BCUT2D eigenvalue weighted by molar-refractivity contribution is 0.103. The van der Waals surface area contributed by atoms with E-state index in [-0.39, 0.29) is 5.78 Å². The molecule has 0 spiro atoms. The van der Waals surface area contributed by atoms with Gasteiger partial charge in [-0.15, -0.1) is 0 Å². The summed E-state index contributed by atoms with van der Waals surface area (Å²) in [5.41, 5.74) is 1.88. The molecule has 0 atom stereocenters. The zero-order valence-electron chi connectivity index (χ0n) is 7.60. The van der Waals surface area contributed by atoms with E-state index in [1.165, 1.54) is 17.5 Å². The molecule has 0 saturated heterocycles. The molecule has 3 nitrogen and oxygen atoms in total. The van der Waals surface area contributed by atoms with E-state index >= 15 is 0 Å². The van der Waals surface area contributed by atoms with Crippen LogP contribution in [0.25, 0.3) is 0 Å². The molecule has 0 aliphatic rings. The van der Waals surface area contributed by atoms with Gasteiger partial charge < -0.3 is 0 Å². The molecule has 2 aromatic rings. The summed E-state index contributed by atoms with van der Waals surface area (Å²) in [6.07, 6.45) is 3.11. The number of ketones is 1. The van der Waals surface area contributed by atoms with Crippen LogP contribution in [-0.2, 0) is 0 Å². The standard InChI is InChI=1S/C10H8N2OS/c1-7-4-12-9(5-11-7)10(13)8-2-3-14-6-8/h2-6H,1H3. The van der Waals surface area contributed by atoms with Crippen molar-refractivity contribution in [3.05, 3.63) is 46.2 Å². The Kier molecular flexibility index (Phi) is 2.37. The first-order valence-corrected chi connectivity index (χ1v) is 5.07. The van der Waals surface area contributed by atoms with E-state index in [1.807, 2.05) is 17.7 Å². The van der Waals surface area contributed by atoms with Gasteiger partial charge in [-0.05, 0) is 18.4 Å². The molecule has 2 aromatic heterocycles. The molecule has 0 unspecified atom stereocenters. The van der Waals surface area contributed by atoms with Crippen LogP contribution in [0.5, 0.6) is 0 Å². The zero-order valence-corrected chi connectivity index (χ0v) is 8.41. The van der Waals surface area contributed by atoms with Crippen molar-refractivity contribution >= 4 is 17.1 Å². The molecule has 0 N–H and O–H groups in total. The fraction of sp³-hybridized carbons (Fsp3) is 0.100. The maximum atomic E-state index is 11.7. The lowest BCUT2D eigenvalue weighted by Gasteiger charge is -1.96. The molecule has 2 heterocycles. The zero-order chi connectivity index (χ0) is 9.97. The van der Waals surface area contributed by atoms with Crippen LogP contribution in [0.3, 0.4) is 0 Å².